The summed E-state index contributed by atoms with van der Waals surface area (Å²) in [5.41, 5.74) is 11.6. The van der Waals surface area contributed by atoms with Crippen LogP contribution in [0.15, 0.2) is 42.7 Å². The van der Waals surface area contributed by atoms with Crippen molar-refractivity contribution in [2.75, 3.05) is 68.5 Å². The molecule has 4 aliphatic heterocycles. The summed E-state index contributed by atoms with van der Waals surface area (Å²) in [6.07, 6.45) is 6.19. The number of hydrogen-bond donors (Lipinski definition) is 2. The Morgan fingerprint density at radius 1 is 0.894 bits per heavy atom. The molecule has 1 atom stereocenters. The van der Waals surface area contributed by atoms with Gasteiger partial charge in [-0.15, -0.1) is 0 Å². The predicted molar refractivity (Wildman–Crippen MR) is 176 cm³/mol. The highest BCUT2D eigenvalue weighted by molar-refractivity contribution is 6.23. The van der Waals surface area contributed by atoms with Gasteiger partial charge in [0.15, 0.2) is 0 Å². The second-order valence-corrected chi connectivity index (χ2v) is 12.9. The minimum atomic E-state index is -0.960. The number of aromatic nitrogens is 2. The number of benzene rings is 2. The number of hydrogen-bond acceptors (Lipinski definition) is 10. The summed E-state index contributed by atoms with van der Waals surface area (Å²) in [6, 6.07) is 8.43. The molecule has 13 heteroatoms. The second-order valence-electron chi connectivity index (χ2n) is 12.9. The van der Waals surface area contributed by atoms with Gasteiger partial charge in [0, 0.05) is 94.0 Å². The zero-order chi connectivity index (χ0) is 32.8. The Balaban J connectivity index is 0.947. The quantitative estimate of drug-likeness (QED) is 0.291. The number of fused-ring (bicyclic) bond motifs is 1. The molecule has 3 N–H and O–H groups in total. The SMILES string of the molecule is COc1cc(N2CCN(CC3CCN(c4ccc5c(c4)C(=O)N(C4CCC(=O)NC4=O)C5=O)CC3)CC2)c(-c2cnn(C)c2)cc1N. The number of piperidine rings is 2. The Morgan fingerprint density at radius 3 is 2.32 bits per heavy atom. The van der Waals surface area contributed by atoms with E-state index in [9.17, 15) is 19.2 Å². The van der Waals surface area contributed by atoms with Crippen LogP contribution in [0.5, 0.6) is 5.75 Å². The molecule has 47 heavy (non-hydrogen) atoms. The maximum absolute atomic E-state index is 13.3. The zero-order valence-corrected chi connectivity index (χ0v) is 26.8. The number of nitrogens with one attached hydrogen (secondary N) is 1. The van der Waals surface area contributed by atoms with E-state index in [1.54, 1.807) is 23.9 Å². The monoisotopic (exact) mass is 640 g/mol. The number of nitrogens with zero attached hydrogens (tertiary/aromatic N) is 6. The van der Waals surface area contributed by atoms with Crippen LogP contribution in [0.1, 0.15) is 46.4 Å². The minimum absolute atomic E-state index is 0.102. The van der Waals surface area contributed by atoms with E-state index in [0.717, 1.165) is 86.1 Å². The maximum atomic E-state index is 13.3. The molecule has 246 valence electrons. The normalized spacial score (nSPS) is 21.0. The van der Waals surface area contributed by atoms with Crippen LogP contribution >= 0.6 is 0 Å². The van der Waals surface area contributed by atoms with E-state index in [4.69, 9.17) is 10.5 Å². The lowest BCUT2D eigenvalue weighted by Gasteiger charge is -2.40. The van der Waals surface area contributed by atoms with Crippen molar-refractivity contribution in [2.45, 2.75) is 31.7 Å². The number of ether oxygens (including phenoxy) is 1. The minimum Gasteiger partial charge on any atom is -0.495 e. The first-order valence-electron chi connectivity index (χ1n) is 16.2. The maximum Gasteiger partial charge on any atom is 0.262 e. The number of carbonyl (C=O) groups is 4. The van der Waals surface area contributed by atoms with Crippen molar-refractivity contribution >= 4 is 40.7 Å². The molecular weight excluding hydrogens is 600 g/mol. The van der Waals surface area contributed by atoms with Crippen LogP contribution in [-0.2, 0) is 16.6 Å². The third-order valence-electron chi connectivity index (χ3n) is 10.00. The topological polar surface area (TPSA) is 146 Å². The molecule has 13 nitrogen and oxygen atoms in total. The Morgan fingerprint density at radius 2 is 1.64 bits per heavy atom. The second kappa shape index (κ2) is 12.4. The van der Waals surface area contributed by atoms with E-state index >= 15 is 0 Å². The van der Waals surface area contributed by atoms with Gasteiger partial charge >= 0.3 is 0 Å². The molecule has 4 amide bonds. The number of nitrogens with two attached hydrogens (primary N) is 1. The van der Waals surface area contributed by atoms with Crippen molar-refractivity contribution < 1.29 is 23.9 Å². The third kappa shape index (κ3) is 5.79. The Bertz CT molecular complexity index is 1740. The lowest BCUT2D eigenvalue weighted by Crippen LogP contribution is -2.54. The highest BCUT2D eigenvalue weighted by Crippen LogP contribution is 2.39. The fourth-order valence-electron chi connectivity index (χ4n) is 7.38. The lowest BCUT2D eigenvalue weighted by atomic mass is 9.95. The Kier molecular flexibility index (Phi) is 8.08. The molecule has 4 aliphatic rings. The third-order valence-corrected chi connectivity index (χ3v) is 10.00. The van der Waals surface area contributed by atoms with Gasteiger partial charge < -0.3 is 20.3 Å². The highest BCUT2D eigenvalue weighted by Gasteiger charge is 2.44. The van der Waals surface area contributed by atoms with E-state index in [0.29, 0.717) is 28.5 Å². The fourth-order valence-corrected chi connectivity index (χ4v) is 7.38. The van der Waals surface area contributed by atoms with Crippen LogP contribution in [0.3, 0.4) is 0 Å². The molecule has 0 aliphatic carbocycles. The van der Waals surface area contributed by atoms with Gasteiger partial charge in [-0.05, 0) is 49.4 Å². The molecule has 0 bridgehead atoms. The van der Waals surface area contributed by atoms with Gasteiger partial charge in [-0.1, -0.05) is 0 Å². The lowest BCUT2D eigenvalue weighted by molar-refractivity contribution is -0.136. The molecule has 1 unspecified atom stereocenters. The van der Waals surface area contributed by atoms with Crippen LogP contribution in [0, 0.1) is 5.92 Å². The van der Waals surface area contributed by atoms with E-state index in [-0.39, 0.29) is 18.7 Å². The van der Waals surface area contributed by atoms with Gasteiger partial charge in [0.1, 0.15) is 11.8 Å². The number of amides is 4. The van der Waals surface area contributed by atoms with Crippen LogP contribution in [0.4, 0.5) is 17.1 Å². The highest BCUT2D eigenvalue weighted by atomic mass is 16.5. The predicted octanol–water partition coefficient (Wildman–Crippen LogP) is 2.12. The zero-order valence-electron chi connectivity index (χ0n) is 26.8. The summed E-state index contributed by atoms with van der Waals surface area (Å²) < 4.78 is 7.35. The van der Waals surface area contributed by atoms with Gasteiger partial charge in [-0.3, -0.25) is 39.0 Å². The van der Waals surface area contributed by atoms with Gasteiger partial charge in [-0.25, -0.2) is 0 Å². The molecule has 2 aromatic carbocycles. The molecule has 0 radical (unpaired) electrons. The molecule has 3 saturated heterocycles. The number of carbonyl (C=O) groups excluding carboxylic acids is 4. The van der Waals surface area contributed by atoms with Crippen molar-refractivity contribution in [3.8, 4) is 16.9 Å². The standard InChI is InChI=1S/C34H40N8O5/c1-38-20-22(18-36-38)25-16-27(35)30(47-2)17-29(25)41-13-11-39(12-14-41)19-21-7-9-40(10-8-21)23-3-4-24-26(15-23)34(46)42(33(24)45)28-5-6-31(43)37-32(28)44/h3-4,15-18,20-21,28H,5-14,19,35H2,1-2H3,(H,37,43,44). The number of aryl methyl sites for hydroxylation is 1. The van der Waals surface area contributed by atoms with E-state index in [2.05, 4.69) is 25.1 Å². The summed E-state index contributed by atoms with van der Waals surface area (Å²) in [4.78, 5) is 58.6. The number of nitrogen functional groups attached to an aromatic ring is 1. The van der Waals surface area contributed by atoms with Gasteiger partial charge in [0.05, 0.1) is 30.1 Å². The Labute approximate surface area is 273 Å². The van der Waals surface area contributed by atoms with Crippen LogP contribution in [0.2, 0.25) is 0 Å². The van der Waals surface area contributed by atoms with Crippen LogP contribution < -0.4 is 25.6 Å². The molecule has 7 rings (SSSR count). The first-order chi connectivity index (χ1) is 22.7. The van der Waals surface area contributed by atoms with E-state index in [1.807, 2.05) is 37.6 Å². The van der Waals surface area contributed by atoms with Gasteiger partial charge in [-0.2, -0.15) is 5.10 Å². The summed E-state index contributed by atoms with van der Waals surface area (Å²) in [5.74, 6) is -0.687. The first kappa shape index (κ1) is 30.7. The van der Waals surface area contributed by atoms with Crippen LogP contribution in [-0.4, -0.2) is 102 Å². The number of imide groups is 2. The van der Waals surface area contributed by atoms with Crippen molar-refractivity contribution in [1.29, 1.82) is 0 Å². The van der Waals surface area contributed by atoms with Crippen molar-refractivity contribution in [3.63, 3.8) is 0 Å². The van der Waals surface area contributed by atoms with Gasteiger partial charge in [0.2, 0.25) is 11.8 Å². The summed E-state index contributed by atoms with van der Waals surface area (Å²) in [7, 11) is 3.55. The molecule has 3 aromatic rings. The first-order valence-corrected chi connectivity index (χ1v) is 16.2. The molecular formula is C34H40N8O5. The molecule has 1 aromatic heterocycles. The smallest absolute Gasteiger partial charge is 0.262 e. The Hall–Kier alpha value is -4.91. The number of methoxy groups -OCH3 is 1. The summed E-state index contributed by atoms with van der Waals surface area (Å²) in [5, 5.41) is 6.61. The van der Waals surface area contributed by atoms with Gasteiger partial charge in [0.25, 0.3) is 11.8 Å². The van der Waals surface area contributed by atoms with E-state index < -0.39 is 23.8 Å². The largest absolute Gasteiger partial charge is 0.495 e. The summed E-state index contributed by atoms with van der Waals surface area (Å²) in [6.45, 7) is 6.49. The van der Waals surface area contributed by atoms with Crippen molar-refractivity contribution in [3.05, 3.63) is 53.9 Å². The van der Waals surface area contributed by atoms with Crippen molar-refractivity contribution in [2.24, 2.45) is 13.0 Å². The van der Waals surface area contributed by atoms with Crippen molar-refractivity contribution in [1.82, 2.24) is 24.9 Å². The number of anilines is 3. The molecule has 0 spiro atoms. The average Bonchev–Trinajstić information content (AvgIpc) is 3.61. The average molecular weight is 641 g/mol. The summed E-state index contributed by atoms with van der Waals surface area (Å²) >= 11 is 0. The van der Waals surface area contributed by atoms with Crippen LogP contribution in [0.25, 0.3) is 11.1 Å². The fraction of sp³-hybridized carbons (Fsp3) is 0.441. The van der Waals surface area contributed by atoms with E-state index in [1.165, 1.54) is 0 Å². The molecule has 0 saturated carbocycles. The molecule has 3 fully saturated rings. The number of rotatable bonds is 7. The molecule has 5 heterocycles. The number of piperazine rings is 1.